The van der Waals surface area contributed by atoms with Crippen molar-refractivity contribution in [2.24, 2.45) is 0 Å². The number of unbranched alkanes of at least 4 members (excludes halogenated alkanes) is 4. The fraction of sp³-hybridized carbons (Fsp3) is 0.875. The van der Waals surface area contributed by atoms with Crippen molar-refractivity contribution in [3.05, 3.63) is 0 Å². The number of thiol groups is 1. The molecule has 0 saturated heterocycles. The van der Waals surface area contributed by atoms with Crippen molar-refractivity contribution in [2.45, 2.75) is 38.5 Å². The van der Waals surface area contributed by atoms with Gasteiger partial charge < -0.3 is 9.90 Å². The Morgan fingerprint density at radius 1 is 1.08 bits per heavy atom. The minimum atomic E-state index is -0.931. The van der Waals surface area contributed by atoms with Crippen LogP contribution in [0.2, 0.25) is 0 Å². The maximum atomic E-state index is 9.96. The molecule has 0 heterocycles. The van der Waals surface area contributed by atoms with Gasteiger partial charge in [0.2, 0.25) is 0 Å². The van der Waals surface area contributed by atoms with Crippen LogP contribution in [-0.4, -0.2) is 11.7 Å². The standard InChI is InChI=1S/C8H16O2S.Na/c9-8(10)6-4-2-1-3-5-7-11;/h11H,1-7H2,(H,9,10);/q;+1/p-1. The molecule has 0 aromatic rings. The topological polar surface area (TPSA) is 40.1 Å². The van der Waals surface area contributed by atoms with Crippen molar-refractivity contribution >= 4 is 18.6 Å². The zero-order valence-corrected chi connectivity index (χ0v) is 10.6. The van der Waals surface area contributed by atoms with Crippen molar-refractivity contribution in [3.63, 3.8) is 0 Å². The van der Waals surface area contributed by atoms with E-state index in [0.29, 0.717) is 0 Å². The second kappa shape index (κ2) is 11.8. The first kappa shape index (κ1) is 15.3. The Labute approximate surface area is 102 Å². The van der Waals surface area contributed by atoms with E-state index in [0.717, 1.165) is 37.9 Å². The van der Waals surface area contributed by atoms with Crippen LogP contribution in [0, 0.1) is 0 Å². The first-order chi connectivity index (χ1) is 5.27. The summed E-state index contributed by atoms with van der Waals surface area (Å²) in [5.74, 6) is -0.000263. The average molecular weight is 198 g/mol. The summed E-state index contributed by atoms with van der Waals surface area (Å²) in [5, 5.41) is 9.96. The minimum absolute atomic E-state index is 0. The molecule has 0 aliphatic carbocycles. The molecule has 0 atom stereocenters. The molecule has 2 nitrogen and oxygen atoms in total. The predicted molar refractivity (Wildman–Crippen MR) is 46.6 cm³/mol. The van der Waals surface area contributed by atoms with E-state index in [1.165, 1.54) is 0 Å². The van der Waals surface area contributed by atoms with Gasteiger partial charge >= 0.3 is 29.6 Å². The van der Waals surface area contributed by atoms with Crippen molar-refractivity contribution in [3.8, 4) is 0 Å². The van der Waals surface area contributed by atoms with Crippen molar-refractivity contribution < 1.29 is 39.5 Å². The number of carboxylic acid groups (broad SMARTS) is 1. The summed E-state index contributed by atoms with van der Waals surface area (Å²) < 4.78 is 0. The molecule has 0 radical (unpaired) electrons. The normalized spacial score (nSPS) is 9.08. The summed E-state index contributed by atoms with van der Waals surface area (Å²) in [6.07, 6.45) is 5.39. The second-order valence-corrected chi connectivity index (χ2v) is 3.06. The first-order valence-electron chi connectivity index (χ1n) is 4.08. The van der Waals surface area contributed by atoms with Crippen LogP contribution in [0.3, 0.4) is 0 Å². The van der Waals surface area contributed by atoms with Crippen LogP contribution in [0.5, 0.6) is 0 Å². The first-order valence-corrected chi connectivity index (χ1v) is 4.71. The molecule has 0 amide bonds. The summed E-state index contributed by atoms with van der Waals surface area (Å²) >= 11 is 4.07. The molecule has 0 aromatic heterocycles. The van der Waals surface area contributed by atoms with Crippen LogP contribution in [-0.2, 0) is 4.79 Å². The molecule has 0 aliphatic rings. The molecule has 0 N–H and O–H groups in total. The smallest absolute Gasteiger partial charge is 0.550 e. The third kappa shape index (κ3) is 13.4. The fourth-order valence-electron chi connectivity index (χ4n) is 0.911. The number of hydrogen-bond donors (Lipinski definition) is 1. The molecule has 0 fully saturated rings. The van der Waals surface area contributed by atoms with Gasteiger partial charge in [0, 0.05) is 5.97 Å². The molecular formula is C8H15NaO2S. The third-order valence-electron chi connectivity index (χ3n) is 1.54. The molecule has 0 aliphatic heterocycles. The van der Waals surface area contributed by atoms with E-state index in [2.05, 4.69) is 12.6 Å². The molecule has 0 unspecified atom stereocenters. The third-order valence-corrected chi connectivity index (χ3v) is 1.86. The molecule has 0 saturated carbocycles. The van der Waals surface area contributed by atoms with Crippen LogP contribution in [0.4, 0.5) is 0 Å². The molecule has 66 valence electrons. The Bertz CT molecular complexity index is 109. The Kier molecular flexibility index (Phi) is 15.1. The van der Waals surface area contributed by atoms with Gasteiger partial charge in [0.05, 0.1) is 0 Å². The van der Waals surface area contributed by atoms with E-state index in [9.17, 15) is 9.90 Å². The van der Waals surface area contributed by atoms with Gasteiger partial charge in [0.15, 0.2) is 0 Å². The van der Waals surface area contributed by atoms with E-state index < -0.39 is 5.97 Å². The predicted octanol–water partition coefficient (Wildman–Crippen LogP) is -1.99. The fourth-order valence-corrected chi connectivity index (χ4v) is 1.14. The summed E-state index contributed by atoms with van der Waals surface area (Å²) in [7, 11) is 0. The van der Waals surface area contributed by atoms with Gasteiger partial charge in [-0.1, -0.05) is 19.3 Å². The van der Waals surface area contributed by atoms with Crippen molar-refractivity contribution in [2.75, 3.05) is 5.75 Å². The van der Waals surface area contributed by atoms with E-state index in [4.69, 9.17) is 0 Å². The monoisotopic (exact) mass is 198 g/mol. The second-order valence-electron chi connectivity index (χ2n) is 2.61. The Morgan fingerprint density at radius 2 is 1.58 bits per heavy atom. The quantitative estimate of drug-likeness (QED) is 0.292. The van der Waals surface area contributed by atoms with Gasteiger partial charge in [-0.2, -0.15) is 12.6 Å². The van der Waals surface area contributed by atoms with Gasteiger partial charge in [-0.05, 0) is 25.0 Å². The SMILES string of the molecule is O=C([O-])CCCCCCCS.[Na+]. The summed E-state index contributed by atoms with van der Waals surface area (Å²) in [4.78, 5) is 9.96. The molecule has 12 heavy (non-hydrogen) atoms. The molecule has 0 aromatic carbocycles. The van der Waals surface area contributed by atoms with E-state index in [1.807, 2.05) is 0 Å². The average Bonchev–Trinajstić information content (AvgIpc) is 1.96. The van der Waals surface area contributed by atoms with Crippen molar-refractivity contribution in [1.29, 1.82) is 0 Å². The van der Waals surface area contributed by atoms with Gasteiger partial charge in [-0.3, -0.25) is 0 Å². The Morgan fingerprint density at radius 3 is 2.08 bits per heavy atom. The number of rotatable bonds is 7. The van der Waals surface area contributed by atoms with Crippen LogP contribution < -0.4 is 34.7 Å². The Balaban J connectivity index is 0. The zero-order valence-electron chi connectivity index (χ0n) is 7.71. The maximum Gasteiger partial charge on any atom is 1.00 e. The molecule has 0 rings (SSSR count). The number of hydrogen-bond acceptors (Lipinski definition) is 3. The molecule has 4 heteroatoms. The molecule has 0 bridgehead atoms. The number of aliphatic carboxylic acids is 1. The minimum Gasteiger partial charge on any atom is -0.550 e. The summed E-state index contributed by atoms with van der Waals surface area (Å²) in [6, 6.07) is 0. The number of carboxylic acids is 1. The van der Waals surface area contributed by atoms with Gasteiger partial charge in [0.1, 0.15) is 0 Å². The van der Waals surface area contributed by atoms with Crippen LogP contribution in [0.15, 0.2) is 0 Å². The zero-order chi connectivity index (χ0) is 8.53. The van der Waals surface area contributed by atoms with Crippen LogP contribution in [0.25, 0.3) is 0 Å². The van der Waals surface area contributed by atoms with Gasteiger partial charge in [-0.25, -0.2) is 0 Å². The van der Waals surface area contributed by atoms with E-state index in [-0.39, 0.29) is 36.0 Å². The van der Waals surface area contributed by atoms with E-state index >= 15 is 0 Å². The summed E-state index contributed by atoms with van der Waals surface area (Å²) in [6.45, 7) is 0. The largest absolute Gasteiger partial charge is 1.00 e. The number of carbonyl (C=O) groups is 1. The number of carbonyl (C=O) groups excluding carboxylic acids is 1. The van der Waals surface area contributed by atoms with Crippen LogP contribution in [0.1, 0.15) is 38.5 Å². The van der Waals surface area contributed by atoms with Gasteiger partial charge in [0.25, 0.3) is 0 Å². The molecule has 0 spiro atoms. The maximum absolute atomic E-state index is 9.96. The summed E-state index contributed by atoms with van der Waals surface area (Å²) in [5.41, 5.74) is 0. The molecular weight excluding hydrogens is 183 g/mol. The van der Waals surface area contributed by atoms with E-state index in [1.54, 1.807) is 0 Å². The van der Waals surface area contributed by atoms with Crippen molar-refractivity contribution in [1.82, 2.24) is 0 Å². The Hall–Kier alpha value is 0.820. The van der Waals surface area contributed by atoms with Gasteiger partial charge in [-0.15, -0.1) is 0 Å². The van der Waals surface area contributed by atoms with Crippen LogP contribution >= 0.6 is 12.6 Å².